The van der Waals surface area contributed by atoms with E-state index in [1.54, 1.807) is 18.2 Å². The molecule has 0 N–H and O–H groups in total. The molecule has 0 aliphatic carbocycles. The van der Waals surface area contributed by atoms with Crippen LogP contribution in [0.1, 0.15) is 42.3 Å². The summed E-state index contributed by atoms with van der Waals surface area (Å²) in [5, 5.41) is 8.85. The Morgan fingerprint density at radius 2 is 2.00 bits per heavy atom. The molecule has 0 aliphatic heterocycles. The average Bonchev–Trinajstić information content (AvgIpc) is 2.26. The van der Waals surface area contributed by atoms with Crippen molar-refractivity contribution in [1.29, 1.82) is 5.26 Å². The number of ether oxygens (including phenoxy) is 1. The van der Waals surface area contributed by atoms with Gasteiger partial charge in [-0.25, -0.2) is 4.79 Å². The molecule has 0 saturated heterocycles. The molecule has 0 heterocycles. The van der Waals surface area contributed by atoms with Gasteiger partial charge in [-0.05, 0) is 29.2 Å². The predicted molar refractivity (Wildman–Crippen MR) is 61.2 cm³/mol. The zero-order valence-electron chi connectivity index (χ0n) is 10.00. The van der Waals surface area contributed by atoms with Crippen molar-refractivity contribution in [3.63, 3.8) is 0 Å². The molecule has 1 aromatic carbocycles. The fourth-order valence-corrected chi connectivity index (χ4v) is 1.52. The van der Waals surface area contributed by atoms with Crippen molar-refractivity contribution in [1.82, 2.24) is 0 Å². The van der Waals surface area contributed by atoms with Gasteiger partial charge in [0.1, 0.15) is 0 Å². The first-order valence-corrected chi connectivity index (χ1v) is 5.03. The maximum atomic E-state index is 11.6. The number of hydrogen-bond acceptors (Lipinski definition) is 3. The maximum absolute atomic E-state index is 11.6. The van der Waals surface area contributed by atoms with Gasteiger partial charge in [0.25, 0.3) is 0 Å². The molecule has 0 spiro atoms. The van der Waals surface area contributed by atoms with Crippen molar-refractivity contribution in [2.45, 2.75) is 26.2 Å². The Bertz CT molecular complexity index is 450. The number of hydrogen-bond donors (Lipinski definition) is 0. The summed E-state index contributed by atoms with van der Waals surface area (Å²) in [6, 6.07) is 7.08. The Kier molecular flexibility index (Phi) is 3.34. The van der Waals surface area contributed by atoms with Crippen LogP contribution in [-0.2, 0) is 10.2 Å². The third kappa shape index (κ3) is 2.40. The fraction of sp³-hybridized carbons (Fsp3) is 0.385. The summed E-state index contributed by atoms with van der Waals surface area (Å²) in [5.74, 6) is -0.366. The molecule has 1 aromatic rings. The Balaban J connectivity index is 3.40. The van der Waals surface area contributed by atoms with Crippen molar-refractivity contribution >= 4 is 5.97 Å². The number of nitrogens with zero attached hydrogens (tertiary/aromatic N) is 1. The molecule has 0 atom stereocenters. The van der Waals surface area contributed by atoms with Crippen LogP contribution < -0.4 is 0 Å². The first-order chi connectivity index (χ1) is 7.40. The molecular weight excluding hydrogens is 202 g/mol. The molecule has 1 rings (SSSR count). The SMILES string of the molecule is COC(=O)c1ccc(C#N)cc1C(C)(C)C. The van der Waals surface area contributed by atoms with Crippen LogP contribution in [0.4, 0.5) is 0 Å². The van der Waals surface area contributed by atoms with Crippen LogP contribution in [0.15, 0.2) is 18.2 Å². The van der Waals surface area contributed by atoms with E-state index in [4.69, 9.17) is 10.00 Å². The largest absolute Gasteiger partial charge is 0.465 e. The zero-order valence-corrected chi connectivity index (χ0v) is 10.00. The van der Waals surface area contributed by atoms with E-state index in [9.17, 15) is 4.79 Å². The third-order valence-electron chi connectivity index (χ3n) is 2.36. The molecular formula is C13H15NO2. The minimum atomic E-state index is -0.366. The van der Waals surface area contributed by atoms with E-state index in [0.717, 1.165) is 5.56 Å². The van der Waals surface area contributed by atoms with Crippen LogP contribution in [0.3, 0.4) is 0 Å². The van der Waals surface area contributed by atoms with Crippen LogP contribution in [0.25, 0.3) is 0 Å². The van der Waals surface area contributed by atoms with Gasteiger partial charge in [-0.2, -0.15) is 5.26 Å². The van der Waals surface area contributed by atoms with Crippen molar-refractivity contribution in [3.8, 4) is 6.07 Å². The second-order valence-corrected chi connectivity index (χ2v) is 4.61. The third-order valence-corrected chi connectivity index (χ3v) is 2.36. The first-order valence-electron chi connectivity index (χ1n) is 5.03. The first kappa shape index (κ1) is 12.3. The standard InChI is InChI=1S/C13H15NO2/c1-13(2,3)11-7-9(8-14)5-6-10(11)12(15)16-4/h5-7H,1-4H3. The van der Waals surface area contributed by atoms with Crippen molar-refractivity contribution in [2.75, 3.05) is 7.11 Å². The average molecular weight is 217 g/mol. The van der Waals surface area contributed by atoms with E-state index in [1.165, 1.54) is 7.11 Å². The molecule has 0 fully saturated rings. The number of carbonyl (C=O) groups is 1. The van der Waals surface area contributed by atoms with E-state index in [2.05, 4.69) is 6.07 Å². The minimum absolute atomic E-state index is 0.198. The summed E-state index contributed by atoms with van der Waals surface area (Å²) in [6.45, 7) is 5.99. The highest BCUT2D eigenvalue weighted by molar-refractivity contribution is 5.91. The van der Waals surface area contributed by atoms with Gasteiger partial charge in [0.2, 0.25) is 0 Å². The molecule has 0 amide bonds. The summed E-state index contributed by atoms with van der Waals surface area (Å²) in [6.07, 6.45) is 0. The van der Waals surface area contributed by atoms with E-state index in [0.29, 0.717) is 11.1 Å². The molecule has 3 nitrogen and oxygen atoms in total. The van der Waals surface area contributed by atoms with E-state index >= 15 is 0 Å². The molecule has 0 aliphatic rings. The topological polar surface area (TPSA) is 50.1 Å². The van der Waals surface area contributed by atoms with Gasteiger partial charge in [0, 0.05) is 0 Å². The maximum Gasteiger partial charge on any atom is 0.338 e. The van der Waals surface area contributed by atoms with Gasteiger partial charge >= 0.3 is 5.97 Å². The lowest BCUT2D eigenvalue weighted by Gasteiger charge is -2.22. The van der Waals surface area contributed by atoms with Gasteiger partial charge < -0.3 is 4.74 Å². The molecule has 16 heavy (non-hydrogen) atoms. The predicted octanol–water partition coefficient (Wildman–Crippen LogP) is 2.64. The number of nitriles is 1. The van der Waals surface area contributed by atoms with Gasteiger partial charge in [-0.3, -0.25) is 0 Å². The van der Waals surface area contributed by atoms with E-state index < -0.39 is 0 Å². The normalized spacial score (nSPS) is 10.7. The molecule has 0 saturated carbocycles. The molecule has 3 heteroatoms. The molecule has 0 aromatic heterocycles. The highest BCUT2D eigenvalue weighted by Crippen LogP contribution is 2.27. The van der Waals surface area contributed by atoms with Crippen LogP contribution >= 0.6 is 0 Å². The van der Waals surface area contributed by atoms with Crippen LogP contribution in [0, 0.1) is 11.3 Å². The molecule has 84 valence electrons. The van der Waals surface area contributed by atoms with Crippen molar-refractivity contribution < 1.29 is 9.53 Å². The number of carbonyl (C=O) groups excluding carboxylic acids is 1. The fourth-order valence-electron chi connectivity index (χ4n) is 1.52. The van der Waals surface area contributed by atoms with Crippen molar-refractivity contribution in [3.05, 3.63) is 34.9 Å². The quantitative estimate of drug-likeness (QED) is 0.679. The van der Waals surface area contributed by atoms with Crippen LogP contribution in [-0.4, -0.2) is 13.1 Å². The Morgan fingerprint density at radius 1 is 1.38 bits per heavy atom. The van der Waals surface area contributed by atoms with E-state index in [-0.39, 0.29) is 11.4 Å². The second-order valence-electron chi connectivity index (χ2n) is 4.61. The number of rotatable bonds is 1. The molecule has 0 radical (unpaired) electrons. The Morgan fingerprint density at radius 3 is 2.44 bits per heavy atom. The number of methoxy groups -OCH3 is 1. The van der Waals surface area contributed by atoms with E-state index in [1.807, 2.05) is 20.8 Å². The van der Waals surface area contributed by atoms with Crippen LogP contribution in [0.2, 0.25) is 0 Å². The highest BCUT2D eigenvalue weighted by atomic mass is 16.5. The molecule has 0 unspecified atom stereocenters. The second kappa shape index (κ2) is 4.36. The summed E-state index contributed by atoms with van der Waals surface area (Å²) in [4.78, 5) is 11.6. The van der Waals surface area contributed by atoms with Crippen LogP contribution in [0.5, 0.6) is 0 Å². The highest BCUT2D eigenvalue weighted by Gasteiger charge is 2.22. The van der Waals surface area contributed by atoms with Gasteiger partial charge in [0.15, 0.2) is 0 Å². The lowest BCUT2D eigenvalue weighted by molar-refractivity contribution is 0.0598. The minimum Gasteiger partial charge on any atom is -0.465 e. The smallest absolute Gasteiger partial charge is 0.338 e. The summed E-state index contributed by atoms with van der Waals surface area (Å²) in [7, 11) is 1.35. The lowest BCUT2D eigenvalue weighted by atomic mass is 9.83. The Hall–Kier alpha value is -1.82. The van der Waals surface area contributed by atoms with Gasteiger partial charge in [-0.1, -0.05) is 20.8 Å². The molecule has 0 bridgehead atoms. The van der Waals surface area contributed by atoms with Gasteiger partial charge in [-0.15, -0.1) is 0 Å². The van der Waals surface area contributed by atoms with Gasteiger partial charge in [0.05, 0.1) is 24.3 Å². The summed E-state index contributed by atoms with van der Waals surface area (Å²) < 4.78 is 4.72. The number of benzene rings is 1. The summed E-state index contributed by atoms with van der Waals surface area (Å²) >= 11 is 0. The Labute approximate surface area is 95.7 Å². The monoisotopic (exact) mass is 217 g/mol. The summed E-state index contributed by atoms with van der Waals surface area (Å²) in [5.41, 5.74) is 1.71. The lowest BCUT2D eigenvalue weighted by Crippen LogP contribution is -2.18. The zero-order chi connectivity index (χ0) is 12.3. The number of esters is 1. The van der Waals surface area contributed by atoms with Crippen molar-refractivity contribution in [2.24, 2.45) is 0 Å².